The molecule has 1 saturated heterocycles. The van der Waals surface area contributed by atoms with Gasteiger partial charge in [-0.3, -0.25) is 0 Å². The van der Waals surface area contributed by atoms with E-state index in [9.17, 15) is 0 Å². The summed E-state index contributed by atoms with van der Waals surface area (Å²) < 4.78 is 5.30. The second kappa shape index (κ2) is 3.85. The van der Waals surface area contributed by atoms with Crippen molar-refractivity contribution in [2.24, 2.45) is 0 Å². The Labute approximate surface area is 68.2 Å². The number of hydrogen-bond donors (Lipinski definition) is 0. The summed E-state index contributed by atoms with van der Waals surface area (Å²) >= 11 is 5.52. The van der Waals surface area contributed by atoms with Crippen molar-refractivity contribution in [3.63, 3.8) is 0 Å². The van der Waals surface area contributed by atoms with E-state index in [1.165, 1.54) is 25.2 Å². The van der Waals surface area contributed by atoms with Gasteiger partial charge in [-0.2, -0.15) is 0 Å². The zero-order valence-corrected chi connectivity index (χ0v) is 8.22. The Morgan fingerprint density at radius 3 is 2.90 bits per heavy atom. The molecule has 0 aromatic rings. The minimum atomic E-state index is -0.975. The number of unbranched alkanes of at least 4 members (excludes halogenated alkanes) is 1. The summed E-state index contributed by atoms with van der Waals surface area (Å²) in [7, 11) is 0. The molecule has 0 N–H and O–H groups in total. The highest BCUT2D eigenvalue weighted by Gasteiger charge is 2.21. The quantitative estimate of drug-likeness (QED) is 0.613. The van der Waals surface area contributed by atoms with Gasteiger partial charge in [0, 0.05) is 6.16 Å². The zero-order valence-electron chi connectivity index (χ0n) is 6.51. The van der Waals surface area contributed by atoms with Gasteiger partial charge in [0.25, 0.3) is 0 Å². The van der Waals surface area contributed by atoms with Gasteiger partial charge in [-0.05, 0) is 18.6 Å². The first-order chi connectivity index (χ1) is 4.77. The van der Waals surface area contributed by atoms with Crippen LogP contribution in [0.4, 0.5) is 0 Å². The molecule has 1 aliphatic heterocycles. The van der Waals surface area contributed by atoms with E-state index >= 15 is 0 Å². The molecule has 10 heavy (non-hydrogen) atoms. The molecule has 0 unspecified atom stereocenters. The monoisotopic (exact) mass is 178 g/mol. The molecule has 0 saturated carbocycles. The van der Waals surface area contributed by atoms with Crippen molar-refractivity contribution in [2.45, 2.75) is 19.8 Å². The predicted octanol–water partition coefficient (Wildman–Crippen LogP) is 2.25. The molecule has 1 rings (SSSR count). The third-order valence-corrected chi connectivity index (χ3v) is 6.08. The Morgan fingerprint density at radius 2 is 2.40 bits per heavy atom. The third-order valence-electron chi connectivity index (χ3n) is 1.89. The van der Waals surface area contributed by atoms with Crippen molar-refractivity contribution in [1.29, 1.82) is 0 Å². The van der Waals surface area contributed by atoms with Crippen LogP contribution in [0.15, 0.2) is 0 Å². The molecule has 1 nitrogen and oxygen atoms in total. The van der Waals surface area contributed by atoms with E-state index < -0.39 is 6.04 Å². The summed E-state index contributed by atoms with van der Waals surface area (Å²) in [4.78, 5) is 0. The minimum Gasteiger partial charge on any atom is -0.376 e. The van der Waals surface area contributed by atoms with Gasteiger partial charge in [-0.1, -0.05) is 25.2 Å². The number of rotatable bonds is 3. The van der Waals surface area contributed by atoms with Gasteiger partial charge in [0.05, 0.1) is 13.0 Å². The third kappa shape index (κ3) is 2.34. The van der Waals surface area contributed by atoms with E-state index in [-0.39, 0.29) is 0 Å². The molecule has 1 fully saturated rings. The predicted molar refractivity (Wildman–Crippen MR) is 49.7 cm³/mol. The van der Waals surface area contributed by atoms with E-state index in [0.29, 0.717) is 0 Å². The first-order valence-corrected chi connectivity index (χ1v) is 7.27. The molecule has 1 atom stereocenters. The molecule has 1 aliphatic rings. The fraction of sp³-hybridized carbons (Fsp3) is 1.00. The lowest BCUT2D eigenvalue weighted by Crippen LogP contribution is -1.90. The van der Waals surface area contributed by atoms with Gasteiger partial charge >= 0.3 is 0 Å². The average Bonchev–Trinajstić information content (AvgIpc) is 2.33. The van der Waals surface area contributed by atoms with Gasteiger partial charge in [0.2, 0.25) is 0 Å². The smallest absolute Gasteiger partial charge is 0.0753 e. The second-order valence-electron chi connectivity index (χ2n) is 2.90. The molecule has 0 aliphatic carbocycles. The van der Waals surface area contributed by atoms with Crippen LogP contribution in [-0.4, -0.2) is 25.3 Å². The van der Waals surface area contributed by atoms with Crippen molar-refractivity contribution in [1.82, 2.24) is 0 Å². The molecule has 3 heteroatoms. The zero-order chi connectivity index (χ0) is 7.45. The van der Waals surface area contributed by atoms with Crippen LogP contribution in [0.5, 0.6) is 0 Å². The van der Waals surface area contributed by atoms with Crippen molar-refractivity contribution in [3.05, 3.63) is 0 Å². The van der Waals surface area contributed by atoms with Crippen LogP contribution in [-0.2, 0) is 16.5 Å². The molecule has 0 bridgehead atoms. The van der Waals surface area contributed by atoms with Crippen molar-refractivity contribution < 1.29 is 4.74 Å². The van der Waals surface area contributed by atoms with E-state index in [0.717, 1.165) is 13.0 Å². The maximum Gasteiger partial charge on any atom is 0.0753 e. The van der Waals surface area contributed by atoms with Gasteiger partial charge < -0.3 is 4.74 Å². The molecule has 1 heterocycles. The van der Waals surface area contributed by atoms with E-state index in [2.05, 4.69) is 6.92 Å². The van der Waals surface area contributed by atoms with Crippen LogP contribution < -0.4 is 0 Å². The Bertz CT molecular complexity index is 137. The van der Waals surface area contributed by atoms with Crippen molar-refractivity contribution in [2.75, 3.05) is 25.3 Å². The van der Waals surface area contributed by atoms with Crippen LogP contribution in [0.3, 0.4) is 0 Å². The Balaban J connectivity index is 2.29. The summed E-state index contributed by atoms with van der Waals surface area (Å²) in [5.74, 6) is 0. The Hall–Kier alpha value is 0.610. The van der Waals surface area contributed by atoms with E-state index in [1.54, 1.807) is 0 Å². The van der Waals surface area contributed by atoms with Crippen LogP contribution in [0.2, 0.25) is 0 Å². The molecular formula is C7H15OPS. The highest BCUT2D eigenvalue weighted by atomic mass is 32.4. The topological polar surface area (TPSA) is 9.23 Å². The van der Waals surface area contributed by atoms with Gasteiger partial charge in [-0.15, -0.1) is 0 Å². The highest BCUT2D eigenvalue weighted by molar-refractivity contribution is 8.14. The summed E-state index contributed by atoms with van der Waals surface area (Å²) in [5.41, 5.74) is 0. The van der Waals surface area contributed by atoms with Crippen molar-refractivity contribution in [3.8, 4) is 0 Å². The fourth-order valence-electron chi connectivity index (χ4n) is 1.15. The number of hydrogen-bond acceptors (Lipinski definition) is 2. The SMILES string of the molecule is CCCC[P@]1(=S)CCOC1. The molecule has 0 spiro atoms. The van der Waals surface area contributed by atoms with Crippen LogP contribution in [0.1, 0.15) is 19.8 Å². The summed E-state index contributed by atoms with van der Waals surface area (Å²) in [5, 5.41) is 0. The molecule has 60 valence electrons. The van der Waals surface area contributed by atoms with Crippen LogP contribution >= 0.6 is 6.04 Å². The number of ether oxygens (including phenoxy) is 1. The van der Waals surface area contributed by atoms with Gasteiger partial charge in [0.1, 0.15) is 0 Å². The molecule has 0 amide bonds. The maximum absolute atomic E-state index is 5.52. The first-order valence-electron chi connectivity index (χ1n) is 3.92. The fourth-order valence-corrected chi connectivity index (χ4v) is 4.28. The summed E-state index contributed by atoms with van der Waals surface area (Å²) in [6, 6.07) is -0.975. The molecular weight excluding hydrogens is 163 g/mol. The van der Waals surface area contributed by atoms with Crippen LogP contribution in [0.25, 0.3) is 0 Å². The summed E-state index contributed by atoms with van der Waals surface area (Å²) in [6.45, 7) is 3.15. The summed E-state index contributed by atoms with van der Waals surface area (Å²) in [6.07, 6.45) is 5.97. The van der Waals surface area contributed by atoms with Crippen molar-refractivity contribution >= 4 is 17.8 Å². The minimum absolute atomic E-state index is 0.919. The molecule has 0 aromatic carbocycles. The van der Waals surface area contributed by atoms with Gasteiger partial charge in [0.15, 0.2) is 0 Å². The normalized spacial score (nSPS) is 32.9. The van der Waals surface area contributed by atoms with E-state index in [1.807, 2.05) is 0 Å². The lowest BCUT2D eigenvalue weighted by atomic mass is 10.4. The highest BCUT2D eigenvalue weighted by Crippen LogP contribution is 2.49. The van der Waals surface area contributed by atoms with Gasteiger partial charge in [-0.25, -0.2) is 0 Å². The molecule has 0 aromatic heterocycles. The lowest BCUT2D eigenvalue weighted by Gasteiger charge is -2.10. The Kier molecular flexibility index (Phi) is 3.35. The average molecular weight is 178 g/mol. The first kappa shape index (κ1) is 8.70. The maximum atomic E-state index is 5.52. The molecule has 0 radical (unpaired) electrons. The van der Waals surface area contributed by atoms with E-state index in [4.69, 9.17) is 16.5 Å². The standard InChI is InChI=1S/C7H15OPS/c1-2-3-5-9(10)6-4-8-7-9/h2-7H2,1H3/t9-/m0/s1. The Morgan fingerprint density at radius 1 is 1.60 bits per heavy atom. The second-order valence-corrected chi connectivity index (χ2v) is 8.49. The van der Waals surface area contributed by atoms with Crippen LogP contribution in [0, 0.1) is 0 Å². The lowest BCUT2D eigenvalue weighted by molar-refractivity contribution is 0.216. The largest absolute Gasteiger partial charge is 0.376 e.